The average molecular weight is 1730 g/mol. The molecule has 13 aliphatic rings. The summed E-state index contributed by atoms with van der Waals surface area (Å²) in [4.78, 5) is 99.7. The van der Waals surface area contributed by atoms with Gasteiger partial charge in [0.2, 0.25) is 0 Å². The minimum atomic E-state index is -1.76. The number of carbonyl (C=O) groups excluding carboxylic acids is 7. The van der Waals surface area contributed by atoms with Gasteiger partial charge in [0.1, 0.15) is 12.1 Å². The summed E-state index contributed by atoms with van der Waals surface area (Å²) in [5.41, 5.74) is 5.89. The van der Waals surface area contributed by atoms with Gasteiger partial charge in [0.15, 0.2) is 8.32 Å². The molecule has 13 fully saturated rings. The molecule has 0 radical (unpaired) electrons. The number of ketones is 1. The van der Waals surface area contributed by atoms with Crippen LogP contribution in [0.4, 0.5) is 0 Å². The number of rotatable bonds is 23. The van der Waals surface area contributed by atoms with E-state index in [1.54, 1.807) is 33.5 Å². The second-order valence-electron chi connectivity index (χ2n) is 39.3. The van der Waals surface area contributed by atoms with E-state index in [0.717, 1.165) is 165 Å². The molecule has 654 valence electrons. The maximum atomic E-state index is 12.1. The molecule has 10 bridgehead atoms. The van der Waals surface area contributed by atoms with E-state index in [4.69, 9.17) is 56.5 Å². The zero-order chi connectivity index (χ0) is 84.2. The minimum Gasteiger partial charge on any atom is -0.481 e. The van der Waals surface area contributed by atoms with E-state index in [-0.39, 0.29) is 88.0 Å². The van der Waals surface area contributed by atoms with E-state index in [0.29, 0.717) is 100.0 Å². The van der Waals surface area contributed by atoms with Gasteiger partial charge in [0.25, 0.3) is 5.91 Å². The summed E-state index contributed by atoms with van der Waals surface area (Å²) < 4.78 is 27.0. The number of aromatic nitrogens is 1. The molecule has 1 heterocycles. The number of carboxylic acids is 1. The lowest BCUT2D eigenvalue weighted by atomic mass is 9.74. The molecule has 1 N–H and O–H groups in total. The number of carbonyl (C=O) groups is 8. The van der Waals surface area contributed by atoms with Crippen molar-refractivity contribution < 1.29 is 71.7 Å². The Hall–Kier alpha value is -4.01. The Morgan fingerprint density at radius 3 is 1.30 bits per heavy atom. The topological polar surface area (TPSA) is 228 Å². The third-order valence-electron chi connectivity index (χ3n) is 30.6. The number of esters is 4. The van der Waals surface area contributed by atoms with Crippen LogP contribution in [0.5, 0.6) is 0 Å². The number of amides is 1. The predicted molar refractivity (Wildman–Crippen MR) is 466 cm³/mol. The molecule has 0 aliphatic heterocycles. The first-order valence-corrected chi connectivity index (χ1v) is 48.8. The van der Waals surface area contributed by atoms with Crippen molar-refractivity contribution in [2.24, 2.45) is 71.4 Å². The summed E-state index contributed by atoms with van der Waals surface area (Å²) in [5, 5.41) is 12.4. The number of hydroxylamine groups is 2. The molecule has 0 saturated heterocycles. The highest BCUT2D eigenvalue weighted by atomic mass is 79.9. The Morgan fingerprint density at radius 1 is 0.557 bits per heavy atom. The Balaban J connectivity index is 0.000000210. The summed E-state index contributed by atoms with van der Waals surface area (Å²) >= 11 is 16.5. The van der Waals surface area contributed by atoms with Gasteiger partial charge in [0.05, 0.1) is 83.2 Å². The molecule has 0 spiro atoms. The summed E-state index contributed by atoms with van der Waals surface area (Å²) in [6, 6.07) is 3.41. The van der Waals surface area contributed by atoms with E-state index in [9.17, 15) is 38.4 Å². The van der Waals surface area contributed by atoms with Gasteiger partial charge in [0, 0.05) is 48.6 Å². The van der Waals surface area contributed by atoms with E-state index in [2.05, 4.69) is 89.5 Å². The van der Waals surface area contributed by atoms with E-state index in [1.807, 2.05) is 20.8 Å². The maximum absolute atomic E-state index is 12.1. The van der Waals surface area contributed by atoms with Gasteiger partial charge in [-0.05, 0) is 316 Å². The molecule has 1 unspecified atom stereocenters. The van der Waals surface area contributed by atoms with Gasteiger partial charge < -0.3 is 33.3 Å². The number of hydrogen-bond acceptors (Lipinski definition) is 15. The van der Waals surface area contributed by atoms with Crippen LogP contribution in [0.2, 0.25) is 28.2 Å². The lowest BCUT2D eigenvalue weighted by molar-refractivity contribution is -0.180. The SMILES string of the molecule is C.C=C1CCC(C(=O)OCC)CC1.C=C1CCC(CBr)(C(=O)OCC)CC1.CC12CCC(C(=O)O)(CC1)C2.CC12CCC(C=O)(CC1)C2.CCOC(=O)C12CCC(C)(CC1)C2.CCOC(=O)C1CCC(=O)CC1.CC[Si](CC)(CC)OC(CCCC12CCC(C)(CC1)C2)c1c(Cl)cncc1Cl.CON(C)C(=O)C12CCC(C)(CC1)C2. The van der Waals surface area contributed by atoms with Gasteiger partial charge >= 0.3 is 29.8 Å². The lowest BCUT2D eigenvalue weighted by Gasteiger charge is -2.35. The zero-order valence-electron chi connectivity index (χ0n) is 73.0. The lowest BCUT2D eigenvalue weighted by Crippen LogP contribution is -2.38. The molecular weight excluding hydrogens is 1580 g/mol. The van der Waals surface area contributed by atoms with Gasteiger partial charge in [-0.25, -0.2) is 5.06 Å². The molecule has 21 heteroatoms. The first-order valence-electron chi connectivity index (χ1n) is 44.4. The van der Waals surface area contributed by atoms with Gasteiger partial charge in [-0.15, -0.1) is 0 Å². The van der Waals surface area contributed by atoms with Crippen LogP contribution in [0.1, 0.15) is 359 Å². The Bertz CT molecular complexity index is 3300. The summed E-state index contributed by atoms with van der Waals surface area (Å²) in [7, 11) is 1.51. The number of halogens is 3. The van der Waals surface area contributed by atoms with Crippen LogP contribution in [0.15, 0.2) is 36.7 Å². The second-order valence-corrected chi connectivity index (χ2v) is 45.4. The van der Waals surface area contributed by atoms with Crippen molar-refractivity contribution in [3.8, 4) is 0 Å². The number of pyridine rings is 1. The molecule has 13 aliphatic carbocycles. The highest BCUT2D eigenvalue weighted by Gasteiger charge is 2.59. The molecule has 13 saturated carbocycles. The summed E-state index contributed by atoms with van der Waals surface area (Å²) in [6.07, 6.45) is 47.4. The molecule has 115 heavy (non-hydrogen) atoms. The van der Waals surface area contributed by atoms with E-state index < -0.39 is 14.3 Å². The first kappa shape index (κ1) is 99.8. The number of carboxylic acid groups (broad SMARTS) is 1. The van der Waals surface area contributed by atoms with Crippen molar-refractivity contribution in [3.63, 3.8) is 0 Å². The zero-order valence-corrected chi connectivity index (χ0v) is 77.1. The third kappa shape index (κ3) is 25.8. The Morgan fingerprint density at radius 2 is 0.948 bits per heavy atom. The molecule has 1 atom stereocenters. The Labute approximate surface area is 713 Å². The normalized spacial score (nSPS) is 32.1. The monoisotopic (exact) mass is 1730 g/mol. The second kappa shape index (κ2) is 43.2. The molecule has 1 amide bonds. The highest BCUT2D eigenvalue weighted by molar-refractivity contribution is 9.09. The number of aldehydes is 1. The average Bonchev–Trinajstić information content (AvgIpc) is 1.62. The van der Waals surface area contributed by atoms with Crippen molar-refractivity contribution in [3.05, 3.63) is 52.3 Å². The molecule has 1 aromatic heterocycles. The maximum Gasteiger partial charge on any atom is 0.312 e. The molecule has 14 rings (SSSR count). The first-order chi connectivity index (χ1) is 53.8. The molecule has 1 aromatic rings. The third-order valence-corrected chi connectivity index (χ3v) is 36.9. The van der Waals surface area contributed by atoms with Crippen molar-refractivity contribution in [2.45, 2.75) is 372 Å². The number of ether oxygens (including phenoxy) is 4. The smallest absolute Gasteiger partial charge is 0.312 e. The molecular formula is C94H153BrCl2N2O15Si. The number of nitrogens with zero attached hydrogens (tertiary/aromatic N) is 2. The van der Waals surface area contributed by atoms with Crippen LogP contribution in [0.3, 0.4) is 0 Å². The number of aliphatic carboxylic acids is 1. The standard InChI is InChI=1S/C23H37Cl2NOSi.C11H17BrO2.C11H19NO2.C11H18O2.C10H16O2.C9H14O3.C9H14O2.C9H14O.CH4/c1-5-28(6-2,7-3)27-20(21-18(24)15-26-16-19(21)25)9-8-10-23-13-11-22(4,17-23)12-14-23;1-3-14-10(13)11(8-12)6-4-9(2)5-7-11;1-10-4-6-11(8-10,7-5-10)9(13)12(2)14-3;1-3-13-9(12)11-6-4-10(2,8-11)5-7-11;1-3-12-10(11)9-6-4-8(2)5-7-9;1-2-12-9(11)7-3-5-8(10)6-4-7;1-8-2-4-9(6-8,5-3-8)7(10)11;1-8-2-4-9(6-8,7-10)5-3-8;/h15-16,20H,5-14,17H2,1-4H3;2-8H2,1H3;4-8H2,1-3H3;3-8H2,1-2H3;9H,2-7H2,1H3;7H,2-6H2,1H3;2-6H2,1H3,(H,10,11);7H,2-6H2,1H3;1H4. The number of alkyl halides is 1. The quantitative estimate of drug-likeness (QED) is 0.0204. The van der Waals surface area contributed by atoms with Gasteiger partial charge in [-0.2, -0.15) is 0 Å². The summed E-state index contributed by atoms with van der Waals surface area (Å²) in [5.74, 6) is -0.135. The van der Waals surface area contributed by atoms with E-state index >= 15 is 0 Å². The van der Waals surface area contributed by atoms with Gasteiger partial charge in [-0.1, -0.05) is 133 Å². The fourth-order valence-corrected chi connectivity index (χ4v) is 26.7. The summed E-state index contributed by atoms with van der Waals surface area (Å²) in [6.45, 7) is 35.7. The number of hydrogen-bond donors (Lipinski definition) is 1. The van der Waals surface area contributed by atoms with Crippen LogP contribution >= 0.6 is 39.1 Å². The van der Waals surface area contributed by atoms with Crippen LogP contribution in [-0.4, -0.2) is 117 Å². The van der Waals surface area contributed by atoms with Crippen molar-refractivity contribution >= 4 is 95.3 Å². The fraction of sp³-hybridized carbons (Fsp3) is 0.819. The van der Waals surface area contributed by atoms with Crippen LogP contribution < -0.4 is 0 Å². The van der Waals surface area contributed by atoms with Crippen molar-refractivity contribution in [1.29, 1.82) is 0 Å². The highest BCUT2D eigenvalue weighted by Crippen LogP contribution is 2.66. The van der Waals surface area contributed by atoms with Crippen LogP contribution in [0.25, 0.3) is 0 Å². The van der Waals surface area contributed by atoms with Crippen LogP contribution in [0, 0.1) is 71.4 Å². The number of allylic oxidation sites excluding steroid dienone is 2. The minimum absolute atomic E-state index is 0. The predicted octanol–water partition coefficient (Wildman–Crippen LogP) is 24.6. The van der Waals surface area contributed by atoms with Crippen LogP contribution in [-0.2, 0) is 66.6 Å². The van der Waals surface area contributed by atoms with Crippen molar-refractivity contribution in [1.82, 2.24) is 10.0 Å². The fourth-order valence-electron chi connectivity index (χ4n) is 22.4. The Kier molecular flexibility index (Phi) is 37.5. The van der Waals surface area contributed by atoms with E-state index in [1.165, 1.54) is 112 Å². The molecule has 17 nitrogen and oxygen atoms in total. The largest absolute Gasteiger partial charge is 0.481 e. The molecule has 0 aromatic carbocycles. The number of fused-ring (bicyclic) bond motifs is 10. The van der Waals surface area contributed by atoms with Crippen molar-refractivity contribution in [2.75, 3.05) is 45.9 Å². The van der Waals surface area contributed by atoms with Gasteiger partial charge in [-0.3, -0.25) is 43.4 Å². The number of Topliss-reactive ketones (excluding diaryl/α,β-unsaturated/α-hetero) is 1.